The van der Waals surface area contributed by atoms with Gasteiger partial charge in [-0.05, 0) is 20.8 Å². The van der Waals surface area contributed by atoms with Crippen LogP contribution in [0.1, 0.15) is 19.5 Å². The quantitative estimate of drug-likeness (QED) is 0.934. The number of aryl methyl sites for hydroxylation is 1. The van der Waals surface area contributed by atoms with Crippen LogP contribution in [0.25, 0.3) is 0 Å². The number of anilines is 2. The van der Waals surface area contributed by atoms with E-state index in [0.717, 1.165) is 5.69 Å². The second-order valence-corrected chi connectivity index (χ2v) is 5.33. The summed E-state index contributed by atoms with van der Waals surface area (Å²) in [6.45, 7) is 5.40. The molecule has 0 aliphatic carbocycles. The van der Waals surface area contributed by atoms with E-state index in [9.17, 15) is 0 Å². The summed E-state index contributed by atoms with van der Waals surface area (Å²) in [7, 11) is 1.48. The van der Waals surface area contributed by atoms with E-state index in [1.54, 1.807) is 24.7 Å². The first kappa shape index (κ1) is 15.1. The highest BCUT2D eigenvalue weighted by molar-refractivity contribution is 6.31. The third-order valence-electron chi connectivity index (χ3n) is 2.90. The van der Waals surface area contributed by atoms with Gasteiger partial charge >= 0.3 is 0 Å². The minimum atomic E-state index is -0.733. The number of halogens is 1. The topological polar surface area (TPSA) is 88.6 Å². The monoisotopic (exact) mass is 306 g/mol. The van der Waals surface area contributed by atoms with E-state index >= 15 is 0 Å². The Kier molecular flexibility index (Phi) is 4.00. The van der Waals surface area contributed by atoms with E-state index in [1.807, 2.05) is 6.92 Å². The number of hydrogen-bond acceptors (Lipinski definition) is 6. The molecular formula is C13H15ClN6O. The molecule has 0 fully saturated rings. The largest absolute Gasteiger partial charge is 0.480 e. The SMILES string of the molecule is COc1nc(Nc2cn(C(C)(C)C#N)nc2C)ncc1Cl. The maximum Gasteiger partial charge on any atom is 0.237 e. The fourth-order valence-electron chi connectivity index (χ4n) is 1.60. The van der Waals surface area contributed by atoms with E-state index in [2.05, 4.69) is 26.5 Å². The summed E-state index contributed by atoms with van der Waals surface area (Å²) in [5, 5.41) is 16.8. The van der Waals surface area contributed by atoms with Crippen LogP contribution in [0.2, 0.25) is 5.02 Å². The van der Waals surface area contributed by atoms with Gasteiger partial charge < -0.3 is 10.1 Å². The van der Waals surface area contributed by atoms with Crippen molar-refractivity contribution < 1.29 is 4.74 Å². The minimum Gasteiger partial charge on any atom is -0.480 e. The molecule has 7 nitrogen and oxygen atoms in total. The van der Waals surface area contributed by atoms with Crippen molar-refractivity contribution in [2.45, 2.75) is 26.3 Å². The van der Waals surface area contributed by atoms with Gasteiger partial charge in [0.1, 0.15) is 10.6 Å². The molecule has 0 aliphatic heterocycles. The number of nitriles is 1. The van der Waals surface area contributed by atoms with Gasteiger partial charge in [0.2, 0.25) is 11.8 Å². The number of ether oxygens (including phenoxy) is 1. The zero-order chi connectivity index (χ0) is 15.6. The summed E-state index contributed by atoms with van der Waals surface area (Å²) in [6, 6.07) is 2.19. The van der Waals surface area contributed by atoms with Crippen molar-refractivity contribution >= 4 is 23.2 Å². The Balaban J connectivity index is 2.31. The molecule has 1 N–H and O–H groups in total. The predicted octanol–water partition coefficient (Wildman–Crippen LogP) is 2.65. The third kappa shape index (κ3) is 3.06. The molecule has 21 heavy (non-hydrogen) atoms. The summed E-state index contributed by atoms with van der Waals surface area (Å²) < 4.78 is 6.64. The van der Waals surface area contributed by atoms with Crippen molar-refractivity contribution in [3.05, 3.63) is 23.1 Å². The van der Waals surface area contributed by atoms with Gasteiger partial charge in [-0.3, -0.25) is 4.68 Å². The van der Waals surface area contributed by atoms with Crippen LogP contribution in [0.5, 0.6) is 5.88 Å². The zero-order valence-electron chi connectivity index (χ0n) is 12.2. The van der Waals surface area contributed by atoms with Gasteiger partial charge in [-0.1, -0.05) is 11.6 Å². The Morgan fingerprint density at radius 2 is 2.19 bits per heavy atom. The fraction of sp³-hybridized carbons (Fsp3) is 0.385. The Bertz CT molecular complexity index is 703. The maximum absolute atomic E-state index is 9.15. The molecule has 0 unspecified atom stereocenters. The lowest BCUT2D eigenvalue weighted by Gasteiger charge is -2.15. The van der Waals surface area contributed by atoms with Gasteiger partial charge in [-0.15, -0.1) is 0 Å². The van der Waals surface area contributed by atoms with Crippen molar-refractivity contribution in [2.24, 2.45) is 0 Å². The lowest BCUT2D eigenvalue weighted by Crippen LogP contribution is -2.24. The number of methoxy groups -OCH3 is 1. The minimum absolute atomic E-state index is 0.288. The maximum atomic E-state index is 9.15. The zero-order valence-corrected chi connectivity index (χ0v) is 12.9. The second-order valence-electron chi connectivity index (χ2n) is 4.92. The van der Waals surface area contributed by atoms with Crippen LogP contribution in [0.3, 0.4) is 0 Å². The van der Waals surface area contributed by atoms with E-state index in [0.29, 0.717) is 16.7 Å². The number of rotatable bonds is 4. The van der Waals surface area contributed by atoms with Crippen LogP contribution in [-0.2, 0) is 5.54 Å². The van der Waals surface area contributed by atoms with Gasteiger partial charge in [-0.25, -0.2) is 4.98 Å². The summed E-state index contributed by atoms with van der Waals surface area (Å²) >= 11 is 5.88. The second kappa shape index (κ2) is 5.58. The van der Waals surface area contributed by atoms with Crippen molar-refractivity contribution in [1.82, 2.24) is 19.7 Å². The van der Waals surface area contributed by atoms with E-state index in [4.69, 9.17) is 21.6 Å². The molecule has 0 atom stereocenters. The lowest BCUT2D eigenvalue weighted by atomic mass is 10.1. The average Bonchev–Trinajstić information content (AvgIpc) is 2.83. The molecular weight excluding hydrogens is 292 g/mol. The van der Waals surface area contributed by atoms with Gasteiger partial charge in [0, 0.05) is 0 Å². The van der Waals surface area contributed by atoms with Crippen LogP contribution in [-0.4, -0.2) is 26.9 Å². The first-order chi connectivity index (χ1) is 9.87. The van der Waals surface area contributed by atoms with E-state index in [1.165, 1.54) is 13.3 Å². The summed E-state index contributed by atoms with van der Waals surface area (Å²) in [5.41, 5.74) is 0.710. The molecule has 0 saturated heterocycles. The van der Waals surface area contributed by atoms with Crippen molar-refractivity contribution in [3.8, 4) is 11.9 Å². The van der Waals surface area contributed by atoms with E-state index < -0.39 is 5.54 Å². The first-order valence-electron chi connectivity index (χ1n) is 6.19. The van der Waals surface area contributed by atoms with Crippen molar-refractivity contribution in [1.29, 1.82) is 5.26 Å². The van der Waals surface area contributed by atoms with Crippen molar-refractivity contribution in [3.63, 3.8) is 0 Å². The van der Waals surface area contributed by atoms with Crippen LogP contribution >= 0.6 is 11.6 Å². The van der Waals surface area contributed by atoms with Gasteiger partial charge in [0.25, 0.3) is 0 Å². The van der Waals surface area contributed by atoms with Gasteiger partial charge in [-0.2, -0.15) is 15.3 Å². The number of hydrogen-bond donors (Lipinski definition) is 1. The Morgan fingerprint density at radius 1 is 1.48 bits per heavy atom. The summed E-state index contributed by atoms with van der Waals surface area (Å²) in [4.78, 5) is 8.22. The molecule has 8 heteroatoms. The summed E-state index contributed by atoms with van der Waals surface area (Å²) in [6.07, 6.45) is 3.19. The molecule has 0 radical (unpaired) electrons. The lowest BCUT2D eigenvalue weighted by molar-refractivity contribution is 0.398. The van der Waals surface area contributed by atoms with Crippen LogP contribution in [0.4, 0.5) is 11.6 Å². The van der Waals surface area contributed by atoms with Crippen LogP contribution in [0.15, 0.2) is 12.4 Å². The smallest absolute Gasteiger partial charge is 0.237 e. The third-order valence-corrected chi connectivity index (χ3v) is 3.16. The van der Waals surface area contributed by atoms with Gasteiger partial charge in [0.15, 0.2) is 0 Å². The highest BCUT2D eigenvalue weighted by atomic mass is 35.5. The normalized spacial score (nSPS) is 11.0. The predicted molar refractivity (Wildman–Crippen MR) is 78.8 cm³/mol. The molecule has 0 saturated carbocycles. The average molecular weight is 307 g/mol. The van der Waals surface area contributed by atoms with Crippen molar-refractivity contribution in [2.75, 3.05) is 12.4 Å². The van der Waals surface area contributed by atoms with Crippen LogP contribution < -0.4 is 10.1 Å². The molecule has 2 aromatic heterocycles. The Labute approximate surface area is 127 Å². The fourth-order valence-corrected chi connectivity index (χ4v) is 1.76. The Hall–Kier alpha value is -2.33. The van der Waals surface area contributed by atoms with Crippen LogP contribution in [0, 0.1) is 18.3 Å². The van der Waals surface area contributed by atoms with Gasteiger partial charge in [0.05, 0.1) is 37.0 Å². The molecule has 2 heterocycles. The molecule has 2 rings (SSSR count). The molecule has 0 spiro atoms. The summed E-state index contributed by atoms with van der Waals surface area (Å²) in [5.74, 6) is 0.630. The Morgan fingerprint density at radius 3 is 2.81 bits per heavy atom. The highest BCUT2D eigenvalue weighted by Crippen LogP contribution is 2.25. The number of nitrogens with one attached hydrogen (secondary N) is 1. The highest BCUT2D eigenvalue weighted by Gasteiger charge is 2.22. The molecule has 0 bridgehead atoms. The first-order valence-corrected chi connectivity index (χ1v) is 6.56. The molecule has 0 aliphatic rings. The molecule has 0 aromatic carbocycles. The molecule has 110 valence electrons. The molecule has 0 amide bonds. The standard InChI is InChI=1S/C13H15ClN6O/c1-8-10(6-20(19-8)13(2,3)7-15)17-12-16-5-9(14)11(18-12)21-4/h5-6H,1-4H3,(H,16,17,18). The van der Waals surface area contributed by atoms with E-state index in [-0.39, 0.29) is 5.88 Å². The molecule has 2 aromatic rings. The number of nitrogens with zero attached hydrogens (tertiary/aromatic N) is 5. The number of aromatic nitrogens is 4.